The van der Waals surface area contributed by atoms with Gasteiger partial charge in [-0.15, -0.1) is 11.8 Å². The second kappa shape index (κ2) is 6.06. The van der Waals surface area contributed by atoms with Crippen LogP contribution in [0.4, 0.5) is 5.13 Å². The van der Waals surface area contributed by atoms with Gasteiger partial charge in [0.05, 0.1) is 27.4 Å². The van der Waals surface area contributed by atoms with E-state index in [1.807, 2.05) is 6.92 Å². The van der Waals surface area contributed by atoms with Gasteiger partial charge in [-0.3, -0.25) is 19.6 Å². The third-order valence-corrected chi connectivity index (χ3v) is 4.74. The molecule has 0 fully saturated rings. The highest BCUT2D eigenvalue weighted by Crippen LogP contribution is 2.31. The largest absolute Gasteiger partial charge is 0.369 e. The molecule has 0 spiro atoms. The van der Waals surface area contributed by atoms with Gasteiger partial charge in [-0.2, -0.15) is 5.10 Å². The average Bonchev–Trinajstić information content (AvgIpc) is 2.93. The first kappa shape index (κ1) is 14.5. The van der Waals surface area contributed by atoms with Crippen molar-refractivity contribution in [2.45, 2.75) is 11.1 Å². The standard InChI is InChI=1S/C11H13N5O2S2/c1-6-10(19-5-8(12)17)20-11(14-6)15-9(18)7-3-13-16(2)4-7/h3-4H,5H2,1-2H3,(H2,12,17)(H,14,15,18). The van der Waals surface area contributed by atoms with Crippen molar-refractivity contribution in [3.8, 4) is 0 Å². The minimum Gasteiger partial charge on any atom is -0.369 e. The summed E-state index contributed by atoms with van der Waals surface area (Å²) in [5.74, 6) is -0.457. The van der Waals surface area contributed by atoms with Crippen LogP contribution in [0.2, 0.25) is 0 Å². The van der Waals surface area contributed by atoms with E-state index >= 15 is 0 Å². The van der Waals surface area contributed by atoms with E-state index in [2.05, 4.69) is 15.4 Å². The van der Waals surface area contributed by atoms with Crippen LogP contribution in [0.15, 0.2) is 16.6 Å². The zero-order chi connectivity index (χ0) is 14.7. The molecule has 3 N–H and O–H groups in total. The molecule has 20 heavy (non-hydrogen) atoms. The molecule has 2 heterocycles. The zero-order valence-electron chi connectivity index (χ0n) is 10.9. The van der Waals surface area contributed by atoms with Gasteiger partial charge in [-0.25, -0.2) is 4.98 Å². The summed E-state index contributed by atoms with van der Waals surface area (Å²) in [7, 11) is 1.74. The predicted octanol–water partition coefficient (Wildman–Crippen LogP) is 1.01. The fraction of sp³-hybridized carbons (Fsp3) is 0.273. The topological polar surface area (TPSA) is 103 Å². The van der Waals surface area contributed by atoms with Crippen LogP contribution in [0.25, 0.3) is 0 Å². The Morgan fingerprint density at radius 3 is 2.90 bits per heavy atom. The molecule has 0 saturated carbocycles. The normalized spacial score (nSPS) is 10.5. The van der Waals surface area contributed by atoms with E-state index in [4.69, 9.17) is 5.73 Å². The van der Waals surface area contributed by atoms with Gasteiger partial charge < -0.3 is 5.73 Å². The van der Waals surface area contributed by atoms with Crippen LogP contribution in [0, 0.1) is 6.92 Å². The second-order valence-electron chi connectivity index (χ2n) is 4.00. The first-order valence-corrected chi connectivity index (χ1v) is 7.44. The number of hydrogen-bond acceptors (Lipinski definition) is 6. The average molecular weight is 311 g/mol. The van der Waals surface area contributed by atoms with Gasteiger partial charge in [-0.05, 0) is 6.92 Å². The summed E-state index contributed by atoms with van der Waals surface area (Å²) in [6, 6.07) is 0. The van der Waals surface area contributed by atoms with E-state index in [-0.39, 0.29) is 17.6 Å². The number of nitrogens with zero attached hydrogens (tertiary/aromatic N) is 3. The van der Waals surface area contributed by atoms with Crippen molar-refractivity contribution in [3.63, 3.8) is 0 Å². The fourth-order valence-electron chi connectivity index (χ4n) is 1.41. The predicted molar refractivity (Wildman–Crippen MR) is 77.9 cm³/mol. The summed E-state index contributed by atoms with van der Waals surface area (Å²) in [6.45, 7) is 1.82. The molecule has 2 aromatic rings. The Bertz CT molecular complexity index is 649. The number of nitrogens with one attached hydrogen (secondary N) is 1. The summed E-state index contributed by atoms with van der Waals surface area (Å²) in [5, 5.41) is 7.13. The highest BCUT2D eigenvalue weighted by atomic mass is 32.2. The van der Waals surface area contributed by atoms with Crippen molar-refractivity contribution in [2.24, 2.45) is 12.8 Å². The summed E-state index contributed by atoms with van der Waals surface area (Å²) < 4.78 is 2.42. The van der Waals surface area contributed by atoms with E-state index in [1.165, 1.54) is 29.3 Å². The summed E-state index contributed by atoms with van der Waals surface area (Å²) in [4.78, 5) is 26.9. The van der Waals surface area contributed by atoms with Crippen molar-refractivity contribution in [1.29, 1.82) is 0 Å². The highest BCUT2D eigenvalue weighted by Gasteiger charge is 2.13. The van der Waals surface area contributed by atoms with Crippen LogP contribution in [0.1, 0.15) is 16.1 Å². The number of carbonyl (C=O) groups excluding carboxylic acids is 2. The number of carbonyl (C=O) groups is 2. The first-order valence-electron chi connectivity index (χ1n) is 5.64. The Kier molecular flexibility index (Phi) is 4.40. The Hall–Kier alpha value is -1.87. The third kappa shape index (κ3) is 3.58. The van der Waals surface area contributed by atoms with Crippen molar-refractivity contribution in [2.75, 3.05) is 11.1 Å². The Morgan fingerprint density at radius 2 is 2.30 bits per heavy atom. The van der Waals surface area contributed by atoms with E-state index in [9.17, 15) is 9.59 Å². The van der Waals surface area contributed by atoms with Crippen LogP contribution in [-0.4, -0.2) is 32.3 Å². The number of aromatic nitrogens is 3. The monoisotopic (exact) mass is 311 g/mol. The van der Waals surface area contributed by atoms with Crippen LogP contribution in [0.3, 0.4) is 0 Å². The van der Waals surface area contributed by atoms with Crippen LogP contribution in [-0.2, 0) is 11.8 Å². The molecule has 0 aliphatic heterocycles. The number of thiazole rings is 1. The lowest BCUT2D eigenvalue weighted by Gasteiger charge is -1.97. The number of anilines is 1. The second-order valence-corrected chi connectivity index (χ2v) is 6.25. The first-order chi connectivity index (χ1) is 9.45. The molecule has 2 amide bonds. The number of nitrogens with two attached hydrogens (primary N) is 1. The van der Waals surface area contributed by atoms with Crippen molar-refractivity contribution in [1.82, 2.24) is 14.8 Å². The molecule has 0 radical (unpaired) electrons. The van der Waals surface area contributed by atoms with E-state index in [0.29, 0.717) is 10.7 Å². The van der Waals surface area contributed by atoms with Crippen molar-refractivity contribution >= 4 is 40.0 Å². The quantitative estimate of drug-likeness (QED) is 0.802. The van der Waals surface area contributed by atoms with Crippen LogP contribution in [0.5, 0.6) is 0 Å². The summed E-state index contributed by atoms with van der Waals surface area (Å²) in [6.07, 6.45) is 3.11. The van der Waals surface area contributed by atoms with Gasteiger partial charge in [0.15, 0.2) is 5.13 Å². The SMILES string of the molecule is Cc1nc(NC(=O)c2cnn(C)c2)sc1SCC(N)=O. The lowest BCUT2D eigenvalue weighted by molar-refractivity contribution is -0.115. The molecule has 0 unspecified atom stereocenters. The molecule has 2 aromatic heterocycles. The number of amides is 2. The molecule has 2 rings (SSSR count). The maximum atomic E-state index is 11.9. The Labute approximate surface area is 123 Å². The fourth-order valence-corrected chi connectivity index (χ4v) is 3.29. The van der Waals surface area contributed by atoms with E-state index < -0.39 is 0 Å². The Balaban J connectivity index is 2.05. The van der Waals surface area contributed by atoms with Gasteiger partial charge in [0.1, 0.15) is 0 Å². The maximum Gasteiger partial charge on any atom is 0.260 e. The molecule has 0 aliphatic rings. The molecule has 9 heteroatoms. The van der Waals surface area contributed by atoms with Crippen molar-refractivity contribution in [3.05, 3.63) is 23.7 Å². The number of hydrogen-bond donors (Lipinski definition) is 2. The number of primary amides is 1. The molecule has 0 aromatic carbocycles. The molecule has 0 saturated heterocycles. The third-order valence-electron chi connectivity index (χ3n) is 2.29. The van der Waals surface area contributed by atoms with Gasteiger partial charge >= 0.3 is 0 Å². The van der Waals surface area contributed by atoms with Gasteiger partial charge in [0, 0.05) is 13.2 Å². The molecule has 7 nitrogen and oxygen atoms in total. The van der Waals surface area contributed by atoms with Crippen molar-refractivity contribution < 1.29 is 9.59 Å². The lowest BCUT2D eigenvalue weighted by atomic mass is 10.3. The van der Waals surface area contributed by atoms with Gasteiger partial charge in [0.25, 0.3) is 5.91 Å². The zero-order valence-corrected chi connectivity index (χ0v) is 12.5. The van der Waals surface area contributed by atoms with E-state index in [1.54, 1.807) is 17.9 Å². The maximum absolute atomic E-state index is 11.9. The number of thioether (sulfide) groups is 1. The highest BCUT2D eigenvalue weighted by molar-refractivity contribution is 8.01. The summed E-state index contributed by atoms with van der Waals surface area (Å²) >= 11 is 2.63. The molecule has 0 atom stereocenters. The number of rotatable bonds is 5. The Morgan fingerprint density at radius 1 is 1.55 bits per heavy atom. The minimum atomic E-state index is -0.385. The summed E-state index contributed by atoms with van der Waals surface area (Å²) in [5.41, 5.74) is 6.33. The lowest BCUT2D eigenvalue weighted by Crippen LogP contribution is -2.12. The van der Waals surface area contributed by atoms with Gasteiger partial charge in [0.2, 0.25) is 5.91 Å². The molecule has 0 aliphatic carbocycles. The number of aryl methyl sites for hydroxylation is 2. The molecular formula is C11H13N5O2S2. The molecule has 106 valence electrons. The van der Waals surface area contributed by atoms with Gasteiger partial charge in [-0.1, -0.05) is 11.3 Å². The van der Waals surface area contributed by atoms with Crippen LogP contribution < -0.4 is 11.1 Å². The molecule has 0 bridgehead atoms. The van der Waals surface area contributed by atoms with Crippen LogP contribution >= 0.6 is 23.1 Å². The molecular weight excluding hydrogens is 298 g/mol. The van der Waals surface area contributed by atoms with E-state index in [0.717, 1.165) is 9.90 Å². The smallest absolute Gasteiger partial charge is 0.260 e. The minimum absolute atomic E-state index is 0.193.